The molecule has 16 heavy (non-hydrogen) atoms. The molecule has 2 unspecified atom stereocenters. The lowest BCUT2D eigenvalue weighted by atomic mass is 9.95. The Hall–Kier alpha value is -0.370. The summed E-state index contributed by atoms with van der Waals surface area (Å²) in [5.74, 6) is 0.831. The highest BCUT2D eigenvalue weighted by Gasteiger charge is 2.43. The van der Waals surface area contributed by atoms with Crippen LogP contribution in [0.15, 0.2) is 0 Å². The van der Waals surface area contributed by atoms with Gasteiger partial charge in [-0.25, -0.2) is 0 Å². The molecule has 3 rings (SSSR count). The highest BCUT2D eigenvalue weighted by Crippen LogP contribution is 2.45. The van der Waals surface area contributed by atoms with E-state index in [1.54, 1.807) is 0 Å². The van der Waals surface area contributed by atoms with Crippen LogP contribution in [0.5, 0.6) is 0 Å². The summed E-state index contributed by atoms with van der Waals surface area (Å²) in [6.45, 7) is 0. The van der Waals surface area contributed by atoms with E-state index in [1.807, 2.05) is 0 Å². The molecule has 0 N–H and O–H groups in total. The summed E-state index contributed by atoms with van der Waals surface area (Å²) < 4.78 is 6.27. The van der Waals surface area contributed by atoms with Crippen molar-refractivity contribution in [2.45, 2.75) is 75.9 Å². The van der Waals surface area contributed by atoms with E-state index < -0.39 is 0 Å². The Balaban J connectivity index is 1.55. The highest BCUT2D eigenvalue weighted by atomic mass is 16.5. The number of hydrogen-bond donors (Lipinski definition) is 0. The van der Waals surface area contributed by atoms with Crippen LogP contribution in [0.4, 0.5) is 0 Å². The van der Waals surface area contributed by atoms with Gasteiger partial charge in [0.05, 0.1) is 11.7 Å². The number of carbonyl (C=O) groups is 1. The van der Waals surface area contributed by atoms with Crippen molar-refractivity contribution >= 4 is 5.78 Å². The van der Waals surface area contributed by atoms with Crippen molar-refractivity contribution in [1.82, 2.24) is 0 Å². The van der Waals surface area contributed by atoms with Crippen molar-refractivity contribution in [3.8, 4) is 0 Å². The highest BCUT2D eigenvalue weighted by molar-refractivity contribution is 5.82. The summed E-state index contributed by atoms with van der Waals surface area (Å²) in [4.78, 5) is 11.6. The summed E-state index contributed by atoms with van der Waals surface area (Å²) in [6, 6.07) is 0. The van der Waals surface area contributed by atoms with Crippen LogP contribution in [-0.2, 0) is 9.53 Å². The first-order chi connectivity index (χ1) is 7.77. The second-order valence-corrected chi connectivity index (χ2v) is 5.96. The number of hydrogen-bond acceptors (Lipinski definition) is 2. The second-order valence-electron chi connectivity index (χ2n) is 5.96. The van der Waals surface area contributed by atoms with Crippen molar-refractivity contribution in [2.24, 2.45) is 5.92 Å². The van der Waals surface area contributed by atoms with Gasteiger partial charge in [0.2, 0.25) is 0 Å². The fourth-order valence-corrected chi connectivity index (χ4v) is 3.90. The molecule has 2 heteroatoms. The fraction of sp³-hybridized carbons (Fsp3) is 0.929. The quantitative estimate of drug-likeness (QED) is 0.717. The zero-order valence-electron chi connectivity index (χ0n) is 10.0. The predicted octanol–water partition coefficient (Wildman–Crippen LogP) is 3.24. The van der Waals surface area contributed by atoms with Gasteiger partial charge in [0.1, 0.15) is 5.78 Å². The molecule has 2 aliphatic carbocycles. The smallest absolute Gasteiger partial charge is 0.136 e. The first-order valence-corrected chi connectivity index (χ1v) is 6.98. The van der Waals surface area contributed by atoms with Crippen LogP contribution >= 0.6 is 0 Å². The van der Waals surface area contributed by atoms with Crippen molar-refractivity contribution in [3.63, 3.8) is 0 Å². The third-order valence-electron chi connectivity index (χ3n) is 4.83. The largest absolute Gasteiger partial charge is 0.372 e. The minimum Gasteiger partial charge on any atom is -0.372 e. The monoisotopic (exact) mass is 222 g/mol. The van der Waals surface area contributed by atoms with E-state index in [4.69, 9.17) is 4.74 Å². The average Bonchev–Trinajstić information content (AvgIpc) is 2.96. The van der Waals surface area contributed by atoms with Gasteiger partial charge in [-0.05, 0) is 44.9 Å². The van der Waals surface area contributed by atoms with E-state index >= 15 is 0 Å². The predicted molar refractivity (Wildman–Crippen MR) is 62.3 cm³/mol. The van der Waals surface area contributed by atoms with Crippen molar-refractivity contribution < 1.29 is 9.53 Å². The molecular formula is C14H22O2. The van der Waals surface area contributed by atoms with Gasteiger partial charge in [0.25, 0.3) is 0 Å². The first kappa shape index (κ1) is 10.8. The van der Waals surface area contributed by atoms with Gasteiger partial charge >= 0.3 is 0 Å². The van der Waals surface area contributed by atoms with E-state index in [1.165, 1.54) is 38.5 Å². The summed E-state index contributed by atoms with van der Waals surface area (Å²) in [7, 11) is 0. The van der Waals surface area contributed by atoms with Crippen LogP contribution in [-0.4, -0.2) is 17.5 Å². The van der Waals surface area contributed by atoms with Gasteiger partial charge in [0, 0.05) is 12.3 Å². The van der Waals surface area contributed by atoms with E-state index in [9.17, 15) is 4.79 Å². The molecule has 2 nitrogen and oxygen atoms in total. The molecule has 1 aliphatic heterocycles. The summed E-state index contributed by atoms with van der Waals surface area (Å²) in [6.07, 6.45) is 12.1. The number of Topliss-reactive ketones (excluding diaryl/α,β-unsaturated/α-hetero) is 1. The van der Waals surface area contributed by atoms with E-state index in [0.29, 0.717) is 17.8 Å². The Bertz CT molecular complexity index is 278. The Morgan fingerprint density at radius 1 is 1.12 bits per heavy atom. The van der Waals surface area contributed by atoms with Crippen LogP contribution in [0.2, 0.25) is 0 Å². The van der Waals surface area contributed by atoms with Gasteiger partial charge in [-0.1, -0.05) is 12.8 Å². The molecule has 0 bridgehead atoms. The molecule has 0 aromatic rings. The van der Waals surface area contributed by atoms with Crippen LogP contribution in [0, 0.1) is 5.92 Å². The minimum absolute atomic E-state index is 0.242. The van der Waals surface area contributed by atoms with Gasteiger partial charge in [-0.3, -0.25) is 4.79 Å². The van der Waals surface area contributed by atoms with Gasteiger partial charge in [-0.15, -0.1) is 0 Å². The van der Waals surface area contributed by atoms with Crippen molar-refractivity contribution in [2.75, 3.05) is 0 Å². The Labute approximate surface area is 97.7 Å². The molecule has 0 radical (unpaired) electrons. The number of ether oxygens (including phenoxy) is 1. The van der Waals surface area contributed by atoms with Gasteiger partial charge in [-0.2, -0.15) is 0 Å². The topological polar surface area (TPSA) is 26.3 Å². The maximum Gasteiger partial charge on any atom is 0.136 e. The molecule has 0 aromatic carbocycles. The molecule has 3 fully saturated rings. The number of ketones is 1. The first-order valence-electron chi connectivity index (χ1n) is 6.98. The zero-order valence-corrected chi connectivity index (χ0v) is 10.0. The van der Waals surface area contributed by atoms with E-state index in [2.05, 4.69) is 0 Å². The van der Waals surface area contributed by atoms with Gasteiger partial charge in [0.15, 0.2) is 0 Å². The summed E-state index contributed by atoms with van der Waals surface area (Å²) >= 11 is 0. The minimum atomic E-state index is 0.242. The van der Waals surface area contributed by atoms with Crippen LogP contribution in [0.1, 0.15) is 64.2 Å². The molecule has 1 saturated heterocycles. The maximum atomic E-state index is 11.6. The molecule has 0 aromatic heterocycles. The lowest BCUT2D eigenvalue weighted by molar-refractivity contribution is -0.122. The summed E-state index contributed by atoms with van der Waals surface area (Å²) in [5, 5.41) is 0. The molecule has 1 heterocycles. The molecule has 2 saturated carbocycles. The second kappa shape index (κ2) is 4.14. The van der Waals surface area contributed by atoms with Gasteiger partial charge < -0.3 is 4.74 Å². The molecule has 2 atom stereocenters. The van der Waals surface area contributed by atoms with Crippen LogP contribution in [0.3, 0.4) is 0 Å². The lowest BCUT2D eigenvalue weighted by Crippen LogP contribution is -2.26. The third kappa shape index (κ3) is 1.92. The van der Waals surface area contributed by atoms with Crippen molar-refractivity contribution in [1.29, 1.82) is 0 Å². The van der Waals surface area contributed by atoms with Crippen LogP contribution in [0.25, 0.3) is 0 Å². The fourth-order valence-electron chi connectivity index (χ4n) is 3.90. The normalized spacial score (nSPS) is 37.6. The van der Waals surface area contributed by atoms with Crippen molar-refractivity contribution in [3.05, 3.63) is 0 Å². The van der Waals surface area contributed by atoms with E-state index in [-0.39, 0.29) is 5.60 Å². The Kier molecular flexibility index (Phi) is 2.78. The van der Waals surface area contributed by atoms with Crippen LogP contribution < -0.4 is 0 Å². The zero-order chi connectivity index (χ0) is 11.0. The standard InChI is InChI=1S/C14H22O2/c15-13-5-3-4-11(13)10-12-6-9-14(16-12)7-1-2-8-14/h11-12H,1-10H2. The average molecular weight is 222 g/mol. The molecule has 3 aliphatic rings. The molecule has 1 spiro atoms. The molecular weight excluding hydrogens is 200 g/mol. The van der Waals surface area contributed by atoms with E-state index in [0.717, 1.165) is 25.7 Å². The summed E-state index contributed by atoms with van der Waals surface area (Å²) in [5.41, 5.74) is 0.242. The maximum absolute atomic E-state index is 11.6. The Morgan fingerprint density at radius 3 is 2.62 bits per heavy atom. The number of rotatable bonds is 2. The molecule has 0 amide bonds. The lowest BCUT2D eigenvalue weighted by Gasteiger charge is -2.24. The SMILES string of the molecule is O=C1CCCC1CC1CCC2(CCCC2)O1. The number of carbonyl (C=O) groups excluding carboxylic acids is 1. The third-order valence-corrected chi connectivity index (χ3v) is 4.83. The Morgan fingerprint density at radius 2 is 1.94 bits per heavy atom. The molecule has 90 valence electrons.